The largest absolute Gasteiger partial charge is 0.295 e. The van der Waals surface area contributed by atoms with Gasteiger partial charge in [0.15, 0.2) is 5.65 Å². The van der Waals surface area contributed by atoms with Crippen LogP contribution >= 0.6 is 0 Å². The topological polar surface area (TPSA) is 34.0 Å². The molecule has 1 aromatic carbocycles. The molecule has 3 aromatic rings. The number of benzene rings is 1. The van der Waals surface area contributed by atoms with Crippen molar-refractivity contribution in [3.05, 3.63) is 59.2 Å². The Hall–Kier alpha value is -2.27. The SMILES string of the molecule is Cc1nn(C)c2ncc(CN(C)C(C)c3ccc(F)cc3)cc12. The number of halogens is 1. The third kappa shape index (κ3) is 3.10. The van der Waals surface area contributed by atoms with E-state index in [0.717, 1.165) is 34.4 Å². The molecule has 120 valence electrons. The number of aromatic nitrogens is 3. The second-order valence-electron chi connectivity index (χ2n) is 6.07. The van der Waals surface area contributed by atoms with Gasteiger partial charge in [0.25, 0.3) is 0 Å². The van der Waals surface area contributed by atoms with Crippen molar-refractivity contribution in [2.24, 2.45) is 7.05 Å². The molecule has 23 heavy (non-hydrogen) atoms. The van der Waals surface area contributed by atoms with Crippen LogP contribution < -0.4 is 0 Å². The van der Waals surface area contributed by atoms with Crippen LogP contribution in [0.4, 0.5) is 4.39 Å². The van der Waals surface area contributed by atoms with Gasteiger partial charge in [-0.15, -0.1) is 0 Å². The lowest BCUT2D eigenvalue weighted by Gasteiger charge is -2.25. The Balaban J connectivity index is 1.80. The van der Waals surface area contributed by atoms with Crippen molar-refractivity contribution in [2.45, 2.75) is 26.4 Å². The first-order chi connectivity index (χ1) is 11.0. The van der Waals surface area contributed by atoms with Gasteiger partial charge in [-0.2, -0.15) is 5.10 Å². The summed E-state index contributed by atoms with van der Waals surface area (Å²) in [4.78, 5) is 6.75. The van der Waals surface area contributed by atoms with E-state index < -0.39 is 0 Å². The van der Waals surface area contributed by atoms with E-state index in [1.54, 1.807) is 4.68 Å². The van der Waals surface area contributed by atoms with Crippen molar-refractivity contribution in [2.75, 3.05) is 7.05 Å². The molecular weight excluding hydrogens is 291 g/mol. The van der Waals surface area contributed by atoms with E-state index in [1.165, 1.54) is 12.1 Å². The number of hydrogen-bond acceptors (Lipinski definition) is 3. The standard InChI is InChI=1S/C18H21FN4/c1-12-17-9-14(10-20-18(17)23(4)21-12)11-22(3)13(2)15-5-7-16(19)8-6-15/h5-10,13H,11H2,1-4H3. The van der Waals surface area contributed by atoms with Gasteiger partial charge in [-0.05, 0) is 50.2 Å². The molecular formula is C18H21FN4. The molecule has 4 nitrogen and oxygen atoms in total. The fourth-order valence-electron chi connectivity index (χ4n) is 2.86. The van der Waals surface area contributed by atoms with E-state index in [2.05, 4.69) is 35.0 Å². The smallest absolute Gasteiger partial charge is 0.157 e. The molecule has 0 saturated heterocycles. The van der Waals surface area contributed by atoms with E-state index in [4.69, 9.17) is 0 Å². The zero-order valence-corrected chi connectivity index (χ0v) is 13.9. The average molecular weight is 312 g/mol. The highest BCUT2D eigenvalue weighted by molar-refractivity contribution is 5.78. The minimum Gasteiger partial charge on any atom is -0.295 e. The van der Waals surface area contributed by atoms with Crippen molar-refractivity contribution in [3.63, 3.8) is 0 Å². The molecule has 0 spiro atoms. The summed E-state index contributed by atoms with van der Waals surface area (Å²) in [6.45, 7) is 4.89. The van der Waals surface area contributed by atoms with Crippen LogP contribution in [0.3, 0.4) is 0 Å². The number of aryl methyl sites for hydroxylation is 2. The van der Waals surface area contributed by atoms with Gasteiger partial charge in [0, 0.05) is 31.2 Å². The summed E-state index contributed by atoms with van der Waals surface area (Å²) < 4.78 is 14.9. The highest BCUT2D eigenvalue weighted by Crippen LogP contribution is 2.22. The van der Waals surface area contributed by atoms with Crippen LogP contribution in [0.1, 0.15) is 29.8 Å². The zero-order chi connectivity index (χ0) is 16.6. The Labute approximate surface area is 135 Å². The van der Waals surface area contributed by atoms with Crippen LogP contribution in [-0.4, -0.2) is 26.7 Å². The molecule has 1 atom stereocenters. The van der Waals surface area contributed by atoms with Crippen LogP contribution in [0.2, 0.25) is 0 Å². The number of fused-ring (bicyclic) bond motifs is 1. The Morgan fingerprint density at radius 1 is 1.26 bits per heavy atom. The van der Waals surface area contributed by atoms with Crippen LogP contribution in [0.25, 0.3) is 11.0 Å². The van der Waals surface area contributed by atoms with E-state index >= 15 is 0 Å². The number of hydrogen-bond donors (Lipinski definition) is 0. The molecule has 0 radical (unpaired) electrons. The molecule has 0 aliphatic carbocycles. The van der Waals surface area contributed by atoms with Crippen LogP contribution in [-0.2, 0) is 13.6 Å². The number of nitrogens with zero attached hydrogens (tertiary/aromatic N) is 4. The molecule has 0 aliphatic rings. The zero-order valence-electron chi connectivity index (χ0n) is 13.9. The van der Waals surface area contributed by atoms with E-state index in [0.29, 0.717) is 0 Å². The summed E-state index contributed by atoms with van der Waals surface area (Å²) in [6, 6.07) is 9.03. The summed E-state index contributed by atoms with van der Waals surface area (Å²) in [5.74, 6) is -0.203. The van der Waals surface area contributed by atoms with Gasteiger partial charge >= 0.3 is 0 Å². The number of pyridine rings is 1. The maximum atomic E-state index is 13.1. The molecule has 0 fully saturated rings. The lowest BCUT2D eigenvalue weighted by molar-refractivity contribution is 0.253. The highest BCUT2D eigenvalue weighted by Gasteiger charge is 2.14. The molecule has 5 heteroatoms. The molecule has 2 heterocycles. The van der Waals surface area contributed by atoms with E-state index in [-0.39, 0.29) is 11.9 Å². The van der Waals surface area contributed by atoms with Crippen LogP contribution in [0.15, 0.2) is 36.5 Å². The summed E-state index contributed by atoms with van der Waals surface area (Å²) in [6.07, 6.45) is 1.90. The van der Waals surface area contributed by atoms with Crippen LogP contribution in [0, 0.1) is 12.7 Å². The normalized spacial score (nSPS) is 13.0. The van der Waals surface area contributed by atoms with E-state index in [1.807, 2.05) is 32.3 Å². The van der Waals surface area contributed by atoms with Crippen LogP contribution in [0.5, 0.6) is 0 Å². The Bertz CT molecular complexity index is 823. The Morgan fingerprint density at radius 2 is 1.96 bits per heavy atom. The first-order valence-electron chi connectivity index (χ1n) is 7.69. The van der Waals surface area contributed by atoms with Crippen molar-refractivity contribution in [3.8, 4) is 0 Å². The third-order valence-corrected chi connectivity index (χ3v) is 4.37. The lowest BCUT2D eigenvalue weighted by atomic mass is 10.1. The predicted molar refractivity (Wildman–Crippen MR) is 89.5 cm³/mol. The summed E-state index contributed by atoms with van der Waals surface area (Å²) in [5, 5.41) is 5.50. The van der Waals surface area contributed by atoms with Crippen molar-refractivity contribution in [1.82, 2.24) is 19.7 Å². The predicted octanol–water partition coefficient (Wildman–Crippen LogP) is 3.61. The molecule has 0 amide bonds. The van der Waals surface area contributed by atoms with Crippen molar-refractivity contribution in [1.29, 1.82) is 0 Å². The maximum absolute atomic E-state index is 13.1. The minimum atomic E-state index is -0.203. The lowest BCUT2D eigenvalue weighted by Crippen LogP contribution is -2.22. The summed E-state index contributed by atoms with van der Waals surface area (Å²) >= 11 is 0. The Morgan fingerprint density at radius 3 is 2.65 bits per heavy atom. The van der Waals surface area contributed by atoms with Crippen molar-refractivity contribution >= 4 is 11.0 Å². The number of rotatable bonds is 4. The monoisotopic (exact) mass is 312 g/mol. The molecule has 0 bridgehead atoms. The molecule has 1 unspecified atom stereocenters. The fourth-order valence-corrected chi connectivity index (χ4v) is 2.86. The summed E-state index contributed by atoms with van der Waals surface area (Å²) in [5.41, 5.74) is 4.14. The fraction of sp³-hybridized carbons (Fsp3) is 0.333. The summed E-state index contributed by atoms with van der Waals surface area (Å²) in [7, 11) is 3.97. The van der Waals surface area contributed by atoms with Gasteiger partial charge in [-0.25, -0.2) is 9.37 Å². The first-order valence-corrected chi connectivity index (χ1v) is 7.69. The molecule has 0 saturated carbocycles. The third-order valence-electron chi connectivity index (χ3n) is 4.37. The maximum Gasteiger partial charge on any atom is 0.157 e. The van der Waals surface area contributed by atoms with Gasteiger partial charge in [0.1, 0.15) is 5.82 Å². The molecule has 3 rings (SSSR count). The first kappa shape index (κ1) is 15.6. The molecule has 2 aromatic heterocycles. The van der Waals surface area contributed by atoms with Gasteiger partial charge in [0.2, 0.25) is 0 Å². The Kier molecular flexibility index (Phi) is 4.13. The van der Waals surface area contributed by atoms with Gasteiger partial charge in [-0.3, -0.25) is 9.58 Å². The van der Waals surface area contributed by atoms with E-state index in [9.17, 15) is 4.39 Å². The van der Waals surface area contributed by atoms with Gasteiger partial charge in [0.05, 0.1) is 5.69 Å². The minimum absolute atomic E-state index is 0.196. The van der Waals surface area contributed by atoms with Gasteiger partial charge in [-0.1, -0.05) is 12.1 Å². The van der Waals surface area contributed by atoms with Crippen molar-refractivity contribution < 1.29 is 4.39 Å². The second-order valence-corrected chi connectivity index (χ2v) is 6.07. The quantitative estimate of drug-likeness (QED) is 0.738. The highest BCUT2D eigenvalue weighted by atomic mass is 19.1. The molecule has 0 N–H and O–H groups in total. The molecule has 0 aliphatic heterocycles. The average Bonchev–Trinajstić information content (AvgIpc) is 2.81. The van der Waals surface area contributed by atoms with Gasteiger partial charge < -0.3 is 0 Å². The second kappa shape index (κ2) is 6.08.